The highest BCUT2D eigenvalue weighted by Crippen LogP contribution is 2.33. The first kappa shape index (κ1) is 35.0. The maximum Gasteiger partial charge on any atom is 0.348 e. The van der Waals surface area contributed by atoms with E-state index in [-0.39, 0.29) is 30.3 Å². The van der Waals surface area contributed by atoms with Gasteiger partial charge in [0.15, 0.2) is 0 Å². The highest BCUT2D eigenvalue weighted by atomic mass is 16.5. The molecule has 0 unspecified atom stereocenters. The van der Waals surface area contributed by atoms with Crippen LogP contribution in [0.1, 0.15) is 156 Å². The summed E-state index contributed by atoms with van der Waals surface area (Å²) in [6.07, 6.45) is 22.3. The van der Waals surface area contributed by atoms with Gasteiger partial charge in [-0.1, -0.05) is 64.7 Å². The van der Waals surface area contributed by atoms with Crippen molar-refractivity contribution in [2.45, 2.75) is 205 Å². The Morgan fingerprint density at radius 1 is 0.935 bits per heavy atom. The summed E-state index contributed by atoms with van der Waals surface area (Å²) in [4.78, 5) is 13.5. The molecule has 0 aromatic carbocycles. The predicted molar refractivity (Wildman–Crippen MR) is 185 cm³/mol. The van der Waals surface area contributed by atoms with Crippen molar-refractivity contribution in [1.29, 1.82) is 0 Å². The number of nitrogens with two attached hydrogens (primary N) is 1. The average molecular weight is 643 g/mol. The van der Waals surface area contributed by atoms with Gasteiger partial charge in [0, 0.05) is 19.3 Å². The summed E-state index contributed by atoms with van der Waals surface area (Å²) in [7, 11) is 0. The van der Waals surface area contributed by atoms with Crippen molar-refractivity contribution in [3.05, 3.63) is 11.3 Å². The smallest absolute Gasteiger partial charge is 0.348 e. The molecule has 0 aromatic heterocycles. The summed E-state index contributed by atoms with van der Waals surface area (Å²) in [6, 6.07) is 2.60. The summed E-state index contributed by atoms with van der Waals surface area (Å²) in [5.74, 6) is 1.66. The maximum absolute atomic E-state index is 13.5. The molecule has 6 N–H and O–H groups in total. The van der Waals surface area contributed by atoms with Gasteiger partial charge in [-0.3, -0.25) is 25.5 Å². The topological polar surface area (TPSA) is 115 Å². The van der Waals surface area contributed by atoms with Gasteiger partial charge in [-0.25, -0.2) is 10.1 Å². The summed E-state index contributed by atoms with van der Waals surface area (Å²) in [6.45, 7) is 8.51. The molecular weight excluding hydrogens is 576 g/mol. The third kappa shape index (κ3) is 8.78. The van der Waals surface area contributed by atoms with Crippen LogP contribution in [0.3, 0.4) is 0 Å². The zero-order valence-electron chi connectivity index (χ0n) is 29.5. The van der Waals surface area contributed by atoms with Crippen LogP contribution >= 0.6 is 0 Å². The van der Waals surface area contributed by atoms with E-state index in [2.05, 4.69) is 38.9 Å². The van der Waals surface area contributed by atoms with E-state index in [0.717, 1.165) is 56.7 Å². The third-order valence-corrected chi connectivity index (χ3v) is 11.5. The first-order chi connectivity index (χ1) is 22.2. The molecule has 2 saturated heterocycles. The van der Waals surface area contributed by atoms with E-state index in [1.165, 1.54) is 83.0 Å². The van der Waals surface area contributed by atoms with Crippen LogP contribution in [0.4, 0.5) is 0 Å². The Bertz CT molecular complexity index is 1130. The number of aliphatic hydroxyl groups excluding tert-OH is 1. The van der Waals surface area contributed by atoms with Crippen molar-refractivity contribution in [1.82, 2.24) is 16.0 Å². The SMILES string of the molecule is CCCCCCCCC[C@H](O)C[C@@H]1CC[C@H]2C(C(=O)O[C@@H](C)CCCCC[C@H]3C[C@H]4CC[C@H]5C[C@@H](C)NC(=[N+]45)N3)=C(C)NC(N)=[N+]12. The van der Waals surface area contributed by atoms with E-state index >= 15 is 0 Å². The number of ether oxygens (including phenoxy) is 1. The lowest BCUT2D eigenvalue weighted by molar-refractivity contribution is -0.593. The van der Waals surface area contributed by atoms with E-state index in [1.54, 1.807) is 0 Å². The largest absolute Gasteiger partial charge is 0.459 e. The van der Waals surface area contributed by atoms with Crippen LogP contribution in [0, 0.1) is 0 Å². The van der Waals surface area contributed by atoms with Crippen molar-refractivity contribution in [3.8, 4) is 0 Å². The molecule has 0 aliphatic carbocycles. The summed E-state index contributed by atoms with van der Waals surface area (Å²) in [5.41, 5.74) is 7.98. The van der Waals surface area contributed by atoms with E-state index < -0.39 is 0 Å². The lowest BCUT2D eigenvalue weighted by Crippen LogP contribution is -2.61. The van der Waals surface area contributed by atoms with Crippen LogP contribution in [0.25, 0.3) is 0 Å². The monoisotopic (exact) mass is 643 g/mol. The van der Waals surface area contributed by atoms with Crippen molar-refractivity contribution in [2.75, 3.05) is 0 Å². The van der Waals surface area contributed by atoms with Crippen molar-refractivity contribution >= 4 is 17.9 Å². The fourth-order valence-corrected chi connectivity index (χ4v) is 9.15. The van der Waals surface area contributed by atoms with Gasteiger partial charge in [0.1, 0.15) is 11.6 Å². The second-order valence-electron chi connectivity index (χ2n) is 15.4. The zero-order chi connectivity index (χ0) is 32.6. The van der Waals surface area contributed by atoms with Gasteiger partial charge >= 0.3 is 17.9 Å². The van der Waals surface area contributed by atoms with E-state index in [9.17, 15) is 9.90 Å². The molecule has 260 valence electrons. The molecule has 5 aliphatic rings. The fraction of sp³-hybridized carbons (Fsp3) is 0.865. The quantitative estimate of drug-likeness (QED) is 0.0800. The molecular formula is C37H66N6O3+2. The van der Waals surface area contributed by atoms with Gasteiger partial charge in [-0.2, -0.15) is 0 Å². The Kier molecular flexibility index (Phi) is 12.7. The van der Waals surface area contributed by atoms with Crippen LogP contribution in [-0.2, 0) is 9.53 Å². The van der Waals surface area contributed by atoms with Gasteiger partial charge in [0.05, 0.1) is 48.1 Å². The number of hydrogen-bond acceptors (Lipinski definition) is 7. The number of unbranched alkanes of at least 4 members (excludes halogenated alkanes) is 8. The van der Waals surface area contributed by atoms with Gasteiger partial charge < -0.3 is 9.84 Å². The first-order valence-electron chi connectivity index (χ1n) is 19.2. The summed E-state index contributed by atoms with van der Waals surface area (Å²) >= 11 is 0. The highest BCUT2D eigenvalue weighted by molar-refractivity contribution is 5.93. The number of carbonyl (C=O) groups is 1. The number of rotatable bonds is 18. The molecule has 5 aliphatic heterocycles. The molecule has 9 nitrogen and oxygen atoms in total. The molecule has 0 bridgehead atoms. The van der Waals surface area contributed by atoms with Crippen molar-refractivity contribution in [3.63, 3.8) is 0 Å². The van der Waals surface area contributed by atoms with Crippen LogP contribution in [0.15, 0.2) is 11.3 Å². The summed E-state index contributed by atoms with van der Waals surface area (Å²) < 4.78 is 10.8. The van der Waals surface area contributed by atoms with Gasteiger partial charge in [-0.15, -0.1) is 0 Å². The molecule has 2 fully saturated rings. The first-order valence-corrected chi connectivity index (χ1v) is 19.2. The molecule has 5 rings (SSSR count). The number of fused-ring (bicyclic) bond motifs is 1. The molecule has 0 amide bonds. The number of nitrogens with one attached hydrogen (secondary N) is 3. The molecule has 9 heteroatoms. The lowest BCUT2D eigenvalue weighted by atomic mass is 9.97. The zero-order valence-corrected chi connectivity index (χ0v) is 29.5. The fourth-order valence-electron chi connectivity index (χ4n) is 9.15. The Morgan fingerprint density at radius 3 is 2.41 bits per heavy atom. The number of carbonyl (C=O) groups excluding carboxylic acids is 1. The number of allylic oxidation sites excluding steroid dienone is 1. The molecule has 0 radical (unpaired) electrons. The number of nitrogens with zero attached hydrogens (tertiary/aromatic N) is 2. The highest BCUT2D eigenvalue weighted by Gasteiger charge is 2.46. The maximum atomic E-state index is 13.5. The Labute approximate surface area is 278 Å². The number of hydrogen-bond donors (Lipinski definition) is 5. The average Bonchev–Trinajstić information content (AvgIpc) is 3.61. The lowest BCUT2D eigenvalue weighted by Gasteiger charge is -2.35. The second kappa shape index (κ2) is 16.7. The van der Waals surface area contributed by atoms with Gasteiger partial charge in [0.25, 0.3) is 0 Å². The van der Waals surface area contributed by atoms with E-state index in [0.29, 0.717) is 36.1 Å². The van der Waals surface area contributed by atoms with Crippen LogP contribution in [0.5, 0.6) is 0 Å². The van der Waals surface area contributed by atoms with Crippen molar-refractivity contribution in [2.24, 2.45) is 5.73 Å². The Morgan fingerprint density at radius 2 is 1.63 bits per heavy atom. The minimum absolute atomic E-state index is 0.0784. The molecule has 5 heterocycles. The number of aliphatic hydroxyl groups is 1. The van der Waals surface area contributed by atoms with Crippen LogP contribution in [0.2, 0.25) is 0 Å². The van der Waals surface area contributed by atoms with Gasteiger partial charge in [0.2, 0.25) is 0 Å². The third-order valence-electron chi connectivity index (χ3n) is 11.5. The van der Waals surface area contributed by atoms with E-state index in [4.69, 9.17) is 10.5 Å². The standard InChI is InChI=1S/C37H64N6O3/c1-5-6-7-8-9-10-14-17-32(44)24-31-20-21-33-34(27(4)40-36(38)43(31)33)35(45)46-26(3)15-12-11-13-16-28-23-30-19-18-29-22-25(2)39-37(41-28)42(29)30/h25-26,28-33,44H,5-24H2,1-4H3,(H3,38,39,40,41,45)/p+2/t25-,26+,28+,29+,30-,31+,32+,33+/m1/s1. The molecule has 8 atom stereocenters. The molecule has 0 aromatic rings. The second-order valence-corrected chi connectivity index (χ2v) is 15.4. The van der Waals surface area contributed by atoms with E-state index in [1.807, 2.05) is 13.8 Å². The minimum Gasteiger partial charge on any atom is -0.459 e. The number of guanidine groups is 2. The van der Waals surface area contributed by atoms with Crippen LogP contribution < -0.4 is 21.7 Å². The van der Waals surface area contributed by atoms with Gasteiger partial charge in [-0.05, 0) is 72.1 Å². The Balaban J connectivity index is 1.01. The Hall–Kier alpha value is -2.29. The molecule has 46 heavy (non-hydrogen) atoms. The van der Waals surface area contributed by atoms with Crippen molar-refractivity contribution < 1.29 is 23.8 Å². The molecule has 0 spiro atoms. The normalized spacial score (nSPS) is 29.9. The number of esters is 1. The molecule has 0 saturated carbocycles. The predicted octanol–water partition coefficient (Wildman–Crippen LogP) is 5.14. The minimum atomic E-state index is -0.334. The summed E-state index contributed by atoms with van der Waals surface area (Å²) in [5, 5.41) is 21.6. The van der Waals surface area contributed by atoms with Crippen LogP contribution in [-0.4, -0.2) is 80.6 Å².